The fourth-order valence-corrected chi connectivity index (χ4v) is 6.50. The number of H-pyrrole nitrogens is 1. The van der Waals surface area contributed by atoms with E-state index >= 15 is 4.39 Å². The number of hydrogen-bond donors (Lipinski definition) is 3. The number of unbranched alkanes of at least 4 members (excludes halogenated alkanes) is 4. The van der Waals surface area contributed by atoms with Crippen LogP contribution in [0.2, 0.25) is 0 Å². The molecule has 2 unspecified atom stereocenters. The Hall–Kier alpha value is -3.61. The molecule has 3 aromatic rings. The molecule has 1 saturated heterocycles. The molecule has 0 spiro atoms. The predicted octanol–water partition coefficient (Wildman–Crippen LogP) is 6.30. The zero-order valence-electron chi connectivity index (χ0n) is 29.0. The standard InChI is InChI=1S/C28H33FN3O9P.C7H16/c1-17(2)39-25(35)18(3)31-42(37,41-21-12-10-20(11-13-21)19-8-6-5-7-9-19)38-16-22-24(34)28(4,29)26(40-22)32-15-14-23(33)30-27(32)36;1-3-5-7-6-4-2/h5-15,17-18,22,24,26,34H,16H2,1-4H3,(H,31,37)(H,30,33,36);3-7H2,1-2H3/t18?,22-,24-,26-,28-,42?;/m1./s1. The van der Waals surface area contributed by atoms with Gasteiger partial charge in [-0.2, -0.15) is 5.09 Å². The summed E-state index contributed by atoms with van der Waals surface area (Å²) < 4.78 is 52.4. The Morgan fingerprint density at radius 3 is 2.20 bits per heavy atom. The number of hydrogen-bond acceptors (Lipinski definition) is 9. The first-order valence-electron chi connectivity index (χ1n) is 16.6. The van der Waals surface area contributed by atoms with Crippen molar-refractivity contribution in [1.29, 1.82) is 0 Å². The molecule has 49 heavy (non-hydrogen) atoms. The number of carbonyl (C=O) groups excluding carboxylic acids is 1. The van der Waals surface area contributed by atoms with Crippen LogP contribution < -0.4 is 20.9 Å². The molecule has 2 heterocycles. The molecule has 0 saturated carbocycles. The summed E-state index contributed by atoms with van der Waals surface area (Å²) in [5.41, 5.74) is -2.33. The highest BCUT2D eigenvalue weighted by Gasteiger charge is 2.56. The number of nitrogens with one attached hydrogen (secondary N) is 2. The van der Waals surface area contributed by atoms with Gasteiger partial charge in [-0.3, -0.25) is 23.7 Å². The number of esters is 1. The largest absolute Gasteiger partial charge is 0.462 e. The van der Waals surface area contributed by atoms with Gasteiger partial charge in [0, 0.05) is 12.3 Å². The molecule has 1 aromatic heterocycles. The fourth-order valence-electron chi connectivity index (χ4n) is 5.00. The van der Waals surface area contributed by atoms with Crippen LogP contribution in [0.3, 0.4) is 0 Å². The topological polar surface area (TPSA) is 158 Å². The molecule has 270 valence electrons. The highest BCUT2D eigenvalue weighted by Crippen LogP contribution is 2.47. The van der Waals surface area contributed by atoms with Gasteiger partial charge in [-0.05, 0) is 51.0 Å². The first kappa shape index (κ1) is 39.8. The van der Waals surface area contributed by atoms with Gasteiger partial charge in [-0.1, -0.05) is 88.4 Å². The van der Waals surface area contributed by atoms with Gasteiger partial charge in [0.15, 0.2) is 11.9 Å². The van der Waals surface area contributed by atoms with E-state index in [-0.39, 0.29) is 5.75 Å². The van der Waals surface area contributed by atoms with Gasteiger partial charge in [0.05, 0.1) is 12.7 Å². The van der Waals surface area contributed by atoms with E-state index in [1.54, 1.807) is 38.1 Å². The second-order valence-electron chi connectivity index (χ2n) is 12.3. The van der Waals surface area contributed by atoms with E-state index < -0.39 is 67.8 Å². The molecular formula is C35H49FN3O9P. The maximum Gasteiger partial charge on any atom is 0.459 e. The van der Waals surface area contributed by atoms with Crippen molar-refractivity contribution in [2.45, 2.75) is 110 Å². The third kappa shape index (κ3) is 11.5. The van der Waals surface area contributed by atoms with Gasteiger partial charge >= 0.3 is 19.4 Å². The highest BCUT2D eigenvalue weighted by atomic mass is 31.2. The number of rotatable bonds is 15. The van der Waals surface area contributed by atoms with Crippen molar-refractivity contribution >= 4 is 13.7 Å². The maximum atomic E-state index is 15.6. The van der Waals surface area contributed by atoms with E-state index in [9.17, 15) is 24.1 Å². The Morgan fingerprint density at radius 1 is 1.02 bits per heavy atom. The predicted molar refractivity (Wildman–Crippen MR) is 185 cm³/mol. The molecule has 4 rings (SSSR count). The summed E-state index contributed by atoms with van der Waals surface area (Å²) in [7, 11) is -4.39. The van der Waals surface area contributed by atoms with Crippen molar-refractivity contribution in [3.05, 3.63) is 87.7 Å². The lowest BCUT2D eigenvalue weighted by Crippen LogP contribution is -2.43. The zero-order chi connectivity index (χ0) is 36.2. The Balaban J connectivity index is 0.000000838. The van der Waals surface area contributed by atoms with E-state index in [0.29, 0.717) is 0 Å². The fraction of sp³-hybridized carbons (Fsp3) is 0.514. The number of benzene rings is 2. The zero-order valence-corrected chi connectivity index (χ0v) is 29.9. The van der Waals surface area contributed by atoms with E-state index in [4.69, 9.17) is 18.5 Å². The first-order chi connectivity index (χ1) is 23.2. The van der Waals surface area contributed by atoms with Gasteiger partial charge < -0.3 is 19.1 Å². The average molecular weight is 706 g/mol. The van der Waals surface area contributed by atoms with Crippen LogP contribution in [0.4, 0.5) is 4.39 Å². The number of halogens is 1. The SMILES string of the molecule is CC(C)OC(=O)C(C)NP(=O)(OC[C@H]1O[C@@H](n2ccc(=O)[nH]c2=O)[C@](C)(F)[C@@H]1O)Oc1ccc(-c2ccccc2)cc1.CCCCCCC. The van der Waals surface area contributed by atoms with Crippen LogP contribution in [-0.4, -0.2) is 57.3 Å². The van der Waals surface area contributed by atoms with Crippen molar-refractivity contribution in [2.24, 2.45) is 0 Å². The summed E-state index contributed by atoms with van der Waals surface area (Å²) in [5.74, 6) is -0.585. The van der Waals surface area contributed by atoms with Gasteiger partial charge in [0.25, 0.3) is 5.56 Å². The third-order valence-electron chi connectivity index (χ3n) is 7.68. The molecule has 2 aromatic carbocycles. The minimum absolute atomic E-state index is 0.135. The number of ether oxygens (including phenoxy) is 2. The monoisotopic (exact) mass is 705 g/mol. The Kier molecular flexibility index (Phi) is 15.0. The molecule has 0 bridgehead atoms. The molecule has 0 aliphatic carbocycles. The summed E-state index contributed by atoms with van der Waals surface area (Å²) in [4.78, 5) is 38.1. The van der Waals surface area contributed by atoms with E-state index in [1.807, 2.05) is 35.3 Å². The Bertz CT molecular complexity index is 1630. The number of nitrogens with zero attached hydrogens (tertiary/aromatic N) is 1. The molecular weight excluding hydrogens is 656 g/mol. The van der Waals surface area contributed by atoms with Crippen LogP contribution in [0.1, 0.15) is 79.9 Å². The lowest BCUT2D eigenvalue weighted by atomic mass is 9.98. The summed E-state index contributed by atoms with van der Waals surface area (Å²) in [6.07, 6.45) is 2.73. The molecule has 1 aliphatic heterocycles. The van der Waals surface area contributed by atoms with Crippen molar-refractivity contribution in [2.75, 3.05) is 6.61 Å². The molecule has 0 radical (unpaired) electrons. The van der Waals surface area contributed by atoms with Crippen LogP contribution in [0.15, 0.2) is 76.4 Å². The van der Waals surface area contributed by atoms with Crippen molar-refractivity contribution in [3.63, 3.8) is 0 Å². The molecule has 1 aliphatic rings. The normalized spacial score (nSPS) is 22.1. The number of alkyl halides is 1. The molecule has 14 heteroatoms. The minimum atomic E-state index is -4.39. The van der Waals surface area contributed by atoms with Crippen LogP contribution in [0, 0.1) is 0 Å². The lowest BCUT2D eigenvalue weighted by Gasteiger charge is -2.25. The van der Waals surface area contributed by atoms with Crippen LogP contribution >= 0.6 is 7.75 Å². The smallest absolute Gasteiger partial charge is 0.459 e. The van der Waals surface area contributed by atoms with Gasteiger partial charge in [-0.15, -0.1) is 0 Å². The maximum absolute atomic E-state index is 15.6. The van der Waals surface area contributed by atoms with Crippen molar-refractivity contribution < 1.29 is 37.4 Å². The molecule has 6 atom stereocenters. The van der Waals surface area contributed by atoms with Crippen LogP contribution in [0.5, 0.6) is 5.75 Å². The van der Waals surface area contributed by atoms with E-state index in [1.165, 1.54) is 39.0 Å². The number of aromatic amines is 1. The number of aliphatic hydroxyl groups excluding tert-OH is 1. The quantitative estimate of drug-likeness (QED) is 0.0931. The summed E-state index contributed by atoms with van der Waals surface area (Å²) in [6, 6.07) is 16.0. The van der Waals surface area contributed by atoms with Crippen molar-refractivity contribution in [3.8, 4) is 16.9 Å². The number of carbonyl (C=O) groups is 1. The van der Waals surface area contributed by atoms with Gasteiger partial charge in [-0.25, -0.2) is 13.8 Å². The summed E-state index contributed by atoms with van der Waals surface area (Å²) >= 11 is 0. The lowest BCUT2D eigenvalue weighted by molar-refractivity contribution is -0.149. The molecule has 12 nitrogen and oxygen atoms in total. The van der Waals surface area contributed by atoms with Gasteiger partial charge in [0.2, 0.25) is 0 Å². The number of aromatic nitrogens is 2. The second kappa shape index (κ2) is 18.4. The van der Waals surface area contributed by atoms with Crippen molar-refractivity contribution in [1.82, 2.24) is 14.6 Å². The summed E-state index contributed by atoms with van der Waals surface area (Å²) in [6.45, 7) is 9.57. The highest BCUT2D eigenvalue weighted by molar-refractivity contribution is 7.52. The third-order valence-corrected chi connectivity index (χ3v) is 9.32. The summed E-state index contributed by atoms with van der Waals surface area (Å²) in [5, 5.41) is 13.2. The number of aliphatic hydroxyl groups is 1. The molecule has 0 amide bonds. The van der Waals surface area contributed by atoms with Gasteiger partial charge in [0.1, 0.15) is 24.0 Å². The van der Waals surface area contributed by atoms with E-state index in [0.717, 1.165) is 34.9 Å². The first-order valence-corrected chi connectivity index (χ1v) is 18.2. The average Bonchev–Trinajstić information content (AvgIpc) is 3.28. The van der Waals surface area contributed by atoms with Crippen LogP contribution in [0.25, 0.3) is 11.1 Å². The Morgan fingerprint density at radius 2 is 1.63 bits per heavy atom. The van der Waals surface area contributed by atoms with E-state index in [2.05, 4.69) is 18.9 Å². The minimum Gasteiger partial charge on any atom is -0.462 e. The Labute approximate surface area is 286 Å². The molecule has 1 fully saturated rings. The van der Waals surface area contributed by atoms with Crippen LogP contribution in [-0.2, 0) is 23.4 Å². The molecule has 3 N–H and O–H groups in total. The second-order valence-corrected chi connectivity index (χ2v) is 14.0.